The number of hydrogen-bond acceptors (Lipinski definition) is 4. The quantitative estimate of drug-likeness (QED) is 0.198. The molecular formula is C35H34N4O5. The highest BCUT2D eigenvalue weighted by molar-refractivity contribution is 6.01. The van der Waals surface area contributed by atoms with Crippen LogP contribution in [0.15, 0.2) is 97.1 Å². The van der Waals surface area contributed by atoms with Crippen LogP contribution in [0, 0.1) is 19.8 Å². The van der Waals surface area contributed by atoms with Gasteiger partial charge in [0.15, 0.2) is 0 Å². The minimum atomic E-state index is -0.945. The van der Waals surface area contributed by atoms with E-state index in [2.05, 4.69) is 16.0 Å². The van der Waals surface area contributed by atoms with Gasteiger partial charge >= 0.3 is 12.0 Å². The number of hydrogen-bond donors (Lipinski definition) is 4. The number of aryl methyl sites for hydroxylation is 2. The smallest absolute Gasteiger partial charge is 0.323 e. The summed E-state index contributed by atoms with van der Waals surface area (Å²) < 4.78 is 0. The lowest BCUT2D eigenvalue weighted by Gasteiger charge is -2.17. The van der Waals surface area contributed by atoms with Crippen molar-refractivity contribution in [1.29, 1.82) is 0 Å². The number of likely N-dealkylation sites (tertiary alicyclic amines) is 1. The number of rotatable bonds is 8. The van der Waals surface area contributed by atoms with Crippen LogP contribution >= 0.6 is 0 Å². The lowest BCUT2D eigenvalue weighted by Crippen LogP contribution is -2.29. The van der Waals surface area contributed by atoms with Gasteiger partial charge in [0, 0.05) is 41.6 Å². The third kappa shape index (κ3) is 7.12. The van der Waals surface area contributed by atoms with Gasteiger partial charge in [-0.1, -0.05) is 60.7 Å². The standard InChI is InChI=1S/C35H34N4O5/c1-22-8-6-7-11-30(22)37-35(44)38-31-17-12-24(18-23(31)2)19-32(40)36-27-15-13-25(14-16-27)28-20-39(21-29(28)34(42)43)33(41)26-9-4-3-5-10-26/h3-18,28-29H,19-21H2,1-2H3,(H,36,40)(H,42,43)(H2,37,38,44). The van der Waals surface area contributed by atoms with E-state index >= 15 is 0 Å². The Bertz CT molecular complexity index is 1690. The highest BCUT2D eigenvalue weighted by Gasteiger charge is 2.40. The second-order valence-electron chi connectivity index (χ2n) is 11.0. The molecule has 4 N–H and O–H groups in total. The summed E-state index contributed by atoms with van der Waals surface area (Å²) in [6, 6.07) is 28.6. The maximum atomic E-state index is 12.9. The van der Waals surface area contributed by atoms with Crippen molar-refractivity contribution in [1.82, 2.24) is 4.90 Å². The summed E-state index contributed by atoms with van der Waals surface area (Å²) in [7, 11) is 0. The minimum Gasteiger partial charge on any atom is -0.481 e. The van der Waals surface area contributed by atoms with Crippen molar-refractivity contribution in [3.63, 3.8) is 0 Å². The van der Waals surface area contributed by atoms with Crippen molar-refractivity contribution in [2.75, 3.05) is 29.0 Å². The molecule has 5 rings (SSSR count). The van der Waals surface area contributed by atoms with Crippen LogP contribution < -0.4 is 16.0 Å². The van der Waals surface area contributed by atoms with E-state index in [-0.39, 0.29) is 36.7 Å². The fourth-order valence-electron chi connectivity index (χ4n) is 5.49. The number of carbonyl (C=O) groups excluding carboxylic acids is 3. The van der Waals surface area contributed by atoms with E-state index in [1.165, 1.54) is 0 Å². The molecule has 1 fully saturated rings. The van der Waals surface area contributed by atoms with Crippen molar-refractivity contribution in [2.24, 2.45) is 5.92 Å². The van der Waals surface area contributed by atoms with Crippen molar-refractivity contribution in [3.05, 3.63) is 125 Å². The monoisotopic (exact) mass is 590 g/mol. The summed E-state index contributed by atoms with van der Waals surface area (Å²) in [5.41, 5.74) is 5.86. The van der Waals surface area contributed by atoms with Crippen LogP contribution in [0.2, 0.25) is 0 Å². The summed E-state index contributed by atoms with van der Waals surface area (Å²) >= 11 is 0. The molecule has 1 aliphatic rings. The third-order valence-corrected chi connectivity index (χ3v) is 7.86. The molecule has 4 aromatic rings. The number of nitrogens with zero attached hydrogens (tertiary/aromatic N) is 1. The number of nitrogens with one attached hydrogen (secondary N) is 3. The first-order valence-corrected chi connectivity index (χ1v) is 14.4. The molecule has 0 saturated carbocycles. The number of para-hydroxylation sites is 1. The van der Waals surface area contributed by atoms with Gasteiger partial charge in [-0.15, -0.1) is 0 Å². The van der Waals surface area contributed by atoms with E-state index in [9.17, 15) is 24.3 Å². The zero-order chi connectivity index (χ0) is 31.2. The molecule has 0 bridgehead atoms. The van der Waals surface area contributed by atoms with Crippen LogP contribution in [0.25, 0.3) is 0 Å². The number of amides is 4. The summed E-state index contributed by atoms with van der Waals surface area (Å²) in [6.07, 6.45) is 0.137. The second kappa shape index (κ2) is 13.2. The summed E-state index contributed by atoms with van der Waals surface area (Å²) in [4.78, 5) is 51.9. The molecule has 1 heterocycles. The largest absolute Gasteiger partial charge is 0.481 e. The molecule has 0 spiro atoms. The lowest BCUT2D eigenvalue weighted by molar-refractivity contribution is -0.141. The normalized spacial score (nSPS) is 15.8. The highest BCUT2D eigenvalue weighted by atomic mass is 16.4. The number of carbonyl (C=O) groups is 4. The third-order valence-electron chi connectivity index (χ3n) is 7.86. The predicted molar refractivity (Wildman–Crippen MR) is 170 cm³/mol. The molecule has 224 valence electrons. The van der Waals surface area contributed by atoms with Crippen LogP contribution in [0.1, 0.15) is 38.5 Å². The maximum absolute atomic E-state index is 12.9. The first-order valence-electron chi connectivity index (χ1n) is 14.4. The number of carboxylic acids is 1. The molecule has 9 heteroatoms. The molecule has 0 aromatic heterocycles. The van der Waals surface area contributed by atoms with E-state index < -0.39 is 11.9 Å². The number of anilines is 3. The van der Waals surface area contributed by atoms with Crippen LogP contribution in [-0.4, -0.2) is 46.9 Å². The van der Waals surface area contributed by atoms with E-state index in [4.69, 9.17) is 0 Å². The molecule has 2 atom stereocenters. The molecule has 44 heavy (non-hydrogen) atoms. The minimum absolute atomic E-state index is 0.136. The van der Waals surface area contributed by atoms with Gasteiger partial charge in [0.05, 0.1) is 12.3 Å². The Morgan fingerprint density at radius 2 is 1.41 bits per heavy atom. The zero-order valence-electron chi connectivity index (χ0n) is 24.5. The van der Waals surface area contributed by atoms with Gasteiger partial charge in [-0.05, 0) is 72.5 Å². The Hall–Kier alpha value is -5.44. The Morgan fingerprint density at radius 3 is 2.07 bits per heavy atom. The van der Waals surface area contributed by atoms with E-state index in [1.54, 1.807) is 65.6 Å². The number of urea groups is 1. The van der Waals surface area contributed by atoms with Gasteiger partial charge in [-0.2, -0.15) is 0 Å². The first kappa shape index (κ1) is 30.0. The molecule has 4 aromatic carbocycles. The molecular weight excluding hydrogens is 556 g/mol. The van der Waals surface area contributed by atoms with Crippen LogP contribution in [-0.2, 0) is 16.0 Å². The SMILES string of the molecule is Cc1ccccc1NC(=O)Nc1ccc(CC(=O)Nc2ccc(C3CN(C(=O)c4ccccc4)CC3C(=O)O)cc2)cc1C. The Balaban J connectivity index is 1.17. The molecule has 4 amide bonds. The molecule has 2 unspecified atom stereocenters. The Kier molecular flexibility index (Phi) is 9.04. The average Bonchev–Trinajstić information content (AvgIpc) is 3.46. The van der Waals surface area contributed by atoms with Crippen molar-refractivity contribution < 1.29 is 24.3 Å². The predicted octanol–water partition coefficient (Wildman–Crippen LogP) is 6.07. The van der Waals surface area contributed by atoms with Crippen LogP contribution in [0.4, 0.5) is 21.9 Å². The van der Waals surface area contributed by atoms with Crippen LogP contribution in [0.5, 0.6) is 0 Å². The summed E-state index contributed by atoms with van der Waals surface area (Å²) in [5, 5.41) is 18.4. The Labute approximate surface area is 255 Å². The van der Waals surface area contributed by atoms with Gasteiger partial charge < -0.3 is 26.0 Å². The van der Waals surface area contributed by atoms with Gasteiger partial charge in [0.25, 0.3) is 5.91 Å². The van der Waals surface area contributed by atoms with E-state index in [0.29, 0.717) is 23.5 Å². The topological polar surface area (TPSA) is 128 Å². The lowest BCUT2D eigenvalue weighted by atomic mass is 9.89. The van der Waals surface area contributed by atoms with Gasteiger partial charge in [0.1, 0.15) is 0 Å². The van der Waals surface area contributed by atoms with Gasteiger partial charge in [-0.25, -0.2) is 4.79 Å². The zero-order valence-corrected chi connectivity index (χ0v) is 24.5. The summed E-state index contributed by atoms with van der Waals surface area (Å²) in [6.45, 7) is 4.22. The van der Waals surface area contributed by atoms with E-state index in [1.807, 2.05) is 50.2 Å². The fourth-order valence-corrected chi connectivity index (χ4v) is 5.49. The second-order valence-corrected chi connectivity index (χ2v) is 11.0. The molecule has 0 aliphatic carbocycles. The average molecular weight is 591 g/mol. The molecule has 1 saturated heterocycles. The van der Waals surface area contributed by atoms with Gasteiger partial charge in [0.2, 0.25) is 5.91 Å². The van der Waals surface area contributed by atoms with Crippen molar-refractivity contribution in [3.8, 4) is 0 Å². The number of benzene rings is 4. The molecule has 0 radical (unpaired) electrons. The maximum Gasteiger partial charge on any atom is 0.323 e. The highest BCUT2D eigenvalue weighted by Crippen LogP contribution is 2.34. The first-order chi connectivity index (χ1) is 21.2. The number of aliphatic carboxylic acids is 1. The van der Waals surface area contributed by atoms with Crippen LogP contribution in [0.3, 0.4) is 0 Å². The molecule has 9 nitrogen and oxygen atoms in total. The van der Waals surface area contributed by atoms with Crippen molar-refractivity contribution in [2.45, 2.75) is 26.2 Å². The molecule has 1 aliphatic heterocycles. The summed E-state index contributed by atoms with van der Waals surface area (Å²) in [5.74, 6) is -2.43. The van der Waals surface area contributed by atoms with Gasteiger partial charge in [-0.3, -0.25) is 14.4 Å². The van der Waals surface area contributed by atoms with Crippen molar-refractivity contribution >= 4 is 40.9 Å². The fraction of sp³-hybridized carbons (Fsp3) is 0.200. The van der Waals surface area contributed by atoms with E-state index in [0.717, 1.165) is 27.9 Å². The Morgan fingerprint density at radius 1 is 0.750 bits per heavy atom. The number of carboxylic acid groups (broad SMARTS) is 1.